The topological polar surface area (TPSA) is 54.9 Å². The second-order valence-corrected chi connectivity index (χ2v) is 5.71. The Morgan fingerprint density at radius 1 is 1.26 bits per heavy atom. The van der Waals surface area contributed by atoms with Gasteiger partial charge in [0.2, 0.25) is 0 Å². The highest BCUT2D eigenvalue weighted by Gasteiger charge is 2.15. The second kappa shape index (κ2) is 6.64. The van der Waals surface area contributed by atoms with E-state index >= 15 is 0 Å². The second-order valence-electron chi connectivity index (χ2n) is 5.71. The zero-order valence-corrected chi connectivity index (χ0v) is 11.9. The minimum absolute atomic E-state index is 0.103. The lowest BCUT2D eigenvalue weighted by atomic mass is 9.89. The molecule has 1 N–H and O–H groups in total. The summed E-state index contributed by atoms with van der Waals surface area (Å²) in [4.78, 5) is 12.0. The van der Waals surface area contributed by atoms with E-state index in [0.717, 1.165) is 12.2 Å². The van der Waals surface area contributed by atoms with E-state index in [1.54, 1.807) is 6.07 Å². The number of nitrogens with one attached hydrogen (secondary N) is 1. The van der Waals surface area contributed by atoms with Gasteiger partial charge in [0.1, 0.15) is 0 Å². The smallest absolute Gasteiger partial charge is 0.271 e. The Balaban J connectivity index is 1.85. The summed E-state index contributed by atoms with van der Waals surface area (Å²) in [7, 11) is 0. The summed E-state index contributed by atoms with van der Waals surface area (Å²) in [6.07, 6.45) is 6.40. The van der Waals surface area contributed by atoms with Crippen molar-refractivity contribution in [2.24, 2.45) is 5.92 Å². The molecule has 0 radical (unpaired) electrons. The van der Waals surface area contributed by atoms with E-state index in [1.165, 1.54) is 32.1 Å². The Kier molecular flexibility index (Phi) is 4.88. The van der Waals surface area contributed by atoms with E-state index in [1.807, 2.05) is 6.07 Å². The van der Waals surface area contributed by atoms with Crippen LogP contribution in [0.25, 0.3) is 0 Å². The maximum atomic E-state index is 12.0. The van der Waals surface area contributed by atoms with Crippen LogP contribution in [-0.4, -0.2) is 22.6 Å². The maximum absolute atomic E-state index is 12.0. The van der Waals surface area contributed by atoms with Crippen molar-refractivity contribution in [1.29, 1.82) is 0 Å². The molecule has 1 saturated carbocycles. The van der Waals surface area contributed by atoms with Gasteiger partial charge in [-0.2, -0.15) is 5.10 Å². The third-order valence-corrected chi connectivity index (χ3v) is 3.79. The molecule has 1 amide bonds. The largest absolute Gasteiger partial charge is 0.350 e. The molecule has 1 aliphatic rings. The predicted molar refractivity (Wildman–Crippen MR) is 75.0 cm³/mol. The molecular formula is C15H23N3O. The zero-order chi connectivity index (χ0) is 13.7. The molecule has 0 bridgehead atoms. The van der Waals surface area contributed by atoms with Gasteiger partial charge in [0.05, 0.1) is 5.69 Å². The number of amides is 1. The molecule has 0 unspecified atom stereocenters. The fourth-order valence-electron chi connectivity index (χ4n) is 2.49. The van der Waals surface area contributed by atoms with Gasteiger partial charge in [0.25, 0.3) is 5.91 Å². The summed E-state index contributed by atoms with van der Waals surface area (Å²) >= 11 is 0. The first-order valence-electron chi connectivity index (χ1n) is 7.28. The van der Waals surface area contributed by atoms with Crippen LogP contribution in [0.1, 0.15) is 68.1 Å². The van der Waals surface area contributed by atoms with Crippen molar-refractivity contribution in [3.63, 3.8) is 0 Å². The van der Waals surface area contributed by atoms with Crippen molar-refractivity contribution in [2.45, 2.75) is 51.9 Å². The molecule has 104 valence electrons. The summed E-state index contributed by atoms with van der Waals surface area (Å²) in [5.74, 6) is 0.876. The van der Waals surface area contributed by atoms with Gasteiger partial charge in [-0.25, -0.2) is 0 Å². The molecule has 0 spiro atoms. The van der Waals surface area contributed by atoms with Crippen molar-refractivity contribution in [3.05, 3.63) is 23.5 Å². The summed E-state index contributed by atoms with van der Waals surface area (Å²) < 4.78 is 0. The summed E-state index contributed by atoms with van der Waals surface area (Å²) in [6.45, 7) is 4.89. The average molecular weight is 261 g/mol. The molecule has 0 aromatic carbocycles. The van der Waals surface area contributed by atoms with Gasteiger partial charge in [-0.1, -0.05) is 33.1 Å². The molecule has 2 rings (SSSR count). The number of hydrogen-bond acceptors (Lipinski definition) is 3. The molecule has 0 atom stereocenters. The third-order valence-electron chi connectivity index (χ3n) is 3.79. The Labute approximate surface area is 115 Å². The first kappa shape index (κ1) is 14.0. The number of aromatic nitrogens is 2. The van der Waals surface area contributed by atoms with Crippen LogP contribution >= 0.6 is 0 Å². The van der Waals surface area contributed by atoms with Gasteiger partial charge in [0.15, 0.2) is 5.69 Å². The van der Waals surface area contributed by atoms with Gasteiger partial charge in [-0.3, -0.25) is 4.79 Å². The zero-order valence-electron chi connectivity index (χ0n) is 11.9. The van der Waals surface area contributed by atoms with Crippen molar-refractivity contribution >= 4 is 5.91 Å². The molecule has 1 aromatic heterocycles. The van der Waals surface area contributed by atoms with Crippen LogP contribution in [0.2, 0.25) is 0 Å². The highest BCUT2D eigenvalue weighted by atomic mass is 16.1. The highest BCUT2D eigenvalue weighted by molar-refractivity contribution is 5.92. The minimum Gasteiger partial charge on any atom is -0.350 e. The molecule has 0 aliphatic heterocycles. The van der Waals surface area contributed by atoms with E-state index in [0.29, 0.717) is 17.5 Å². The molecule has 1 fully saturated rings. The summed E-state index contributed by atoms with van der Waals surface area (Å²) in [5, 5.41) is 11.1. The van der Waals surface area contributed by atoms with Crippen LogP contribution in [0.15, 0.2) is 12.1 Å². The maximum Gasteiger partial charge on any atom is 0.271 e. The molecular weight excluding hydrogens is 238 g/mol. The van der Waals surface area contributed by atoms with E-state index in [-0.39, 0.29) is 5.91 Å². The molecule has 19 heavy (non-hydrogen) atoms. The monoisotopic (exact) mass is 261 g/mol. The van der Waals surface area contributed by atoms with Gasteiger partial charge in [0, 0.05) is 6.54 Å². The first-order chi connectivity index (χ1) is 9.16. The predicted octanol–water partition coefficient (Wildman–Crippen LogP) is 2.91. The van der Waals surface area contributed by atoms with E-state index in [4.69, 9.17) is 0 Å². The van der Waals surface area contributed by atoms with Crippen molar-refractivity contribution in [2.75, 3.05) is 6.54 Å². The Morgan fingerprint density at radius 3 is 2.58 bits per heavy atom. The van der Waals surface area contributed by atoms with Crippen LogP contribution in [-0.2, 0) is 0 Å². The summed E-state index contributed by atoms with van der Waals surface area (Å²) in [5.41, 5.74) is 1.34. The number of nitrogens with zero attached hydrogens (tertiary/aromatic N) is 2. The number of rotatable bonds is 4. The molecule has 1 aromatic rings. The van der Waals surface area contributed by atoms with Gasteiger partial charge >= 0.3 is 0 Å². The molecule has 4 nitrogen and oxygen atoms in total. The first-order valence-corrected chi connectivity index (χ1v) is 7.28. The average Bonchev–Trinajstić information content (AvgIpc) is 2.46. The van der Waals surface area contributed by atoms with Crippen molar-refractivity contribution in [3.8, 4) is 0 Å². The lowest BCUT2D eigenvalue weighted by molar-refractivity contribution is 0.0937. The Hall–Kier alpha value is -1.45. The van der Waals surface area contributed by atoms with Crippen LogP contribution in [0.5, 0.6) is 0 Å². The number of carbonyl (C=O) groups is 1. The molecule has 0 saturated heterocycles. The fraction of sp³-hybridized carbons (Fsp3) is 0.667. The quantitative estimate of drug-likeness (QED) is 0.906. The van der Waals surface area contributed by atoms with Crippen molar-refractivity contribution < 1.29 is 4.79 Å². The number of hydrogen-bond donors (Lipinski definition) is 1. The number of carbonyl (C=O) groups excluding carboxylic acids is 1. The summed E-state index contributed by atoms with van der Waals surface area (Å²) in [6, 6.07) is 3.64. The fourth-order valence-corrected chi connectivity index (χ4v) is 2.49. The lowest BCUT2D eigenvalue weighted by Crippen LogP contribution is -2.31. The normalized spacial score (nSPS) is 16.6. The van der Waals surface area contributed by atoms with Gasteiger partial charge < -0.3 is 5.32 Å². The van der Waals surface area contributed by atoms with E-state index < -0.39 is 0 Å². The minimum atomic E-state index is -0.103. The lowest BCUT2D eigenvalue weighted by Gasteiger charge is -2.21. The van der Waals surface area contributed by atoms with Crippen LogP contribution < -0.4 is 5.32 Å². The Morgan fingerprint density at radius 2 is 2.00 bits per heavy atom. The molecule has 1 aliphatic carbocycles. The van der Waals surface area contributed by atoms with Gasteiger partial charge in [-0.05, 0) is 36.8 Å². The molecule has 1 heterocycles. The molecule has 4 heteroatoms. The van der Waals surface area contributed by atoms with Crippen LogP contribution in [0.4, 0.5) is 0 Å². The SMILES string of the molecule is CC(C)c1ccc(C(=O)NCC2CCCCC2)nn1. The third kappa shape index (κ3) is 4.01. The van der Waals surface area contributed by atoms with Crippen molar-refractivity contribution in [1.82, 2.24) is 15.5 Å². The standard InChI is InChI=1S/C15H23N3O/c1-11(2)13-8-9-14(18-17-13)15(19)16-10-12-6-4-3-5-7-12/h8-9,11-12H,3-7,10H2,1-2H3,(H,16,19). The van der Waals surface area contributed by atoms with E-state index in [2.05, 4.69) is 29.4 Å². The van der Waals surface area contributed by atoms with Crippen LogP contribution in [0.3, 0.4) is 0 Å². The highest BCUT2D eigenvalue weighted by Crippen LogP contribution is 2.22. The van der Waals surface area contributed by atoms with Crippen LogP contribution in [0, 0.1) is 5.92 Å². The van der Waals surface area contributed by atoms with Gasteiger partial charge in [-0.15, -0.1) is 5.10 Å². The van der Waals surface area contributed by atoms with E-state index in [9.17, 15) is 4.79 Å². The Bertz CT molecular complexity index is 408.